The first-order valence-electron chi connectivity index (χ1n) is 9.42. The van der Waals surface area contributed by atoms with Gasteiger partial charge in [0.15, 0.2) is 0 Å². The zero-order valence-electron chi connectivity index (χ0n) is 15.6. The smallest absolute Gasteiger partial charge is 0.226 e. The Kier molecular flexibility index (Phi) is 6.04. The third kappa shape index (κ3) is 4.50. The van der Waals surface area contributed by atoms with Crippen LogP contribution in [0, 0.1) is 12.7 Å². The van der Waals surface area contributed by atoms with E-state index in [9.17, 15) is 9.18 Å². The maximum absolute atomic E-state index is 13.1. The highest BCUT2D eigenvalue weighted by atomic mass is 19.1. The maximum Gasteiger partial charge on any atom is 0.226 e. The Balaban J connectivity index is 1.66. The first kappa shape index (κ1) is 18.6. The molecule has 1 saturated heterocycles. The van der Waals surface area contributed by atoms with Crippen molar-refractivity contribution in [3.8, 4) is 0 Å². The molecule has 3 nitrogen and oxygen atoms in total. The molecule has 1 fully saturated rings. The van der Waals surface area contributed by atoms with Crippen LogP contribution in [0.4, 0.5) is 10.1 Å². The maximum atomic E-state index is 13.1. The van der Waals surface area contributed by atoms with Crippen molar-refractivity contribution < 1.29 is 9.18 Å². The summed E-state index contributed by atoms with van der Waals surface area (Å²) < 4.78 is 13.1. The molecule has 0 N–H and O–H groups in total. The van der Waals surface area contributed by atoms with Crippen LogP contribution in [0.2, 0.25) is 0 Å². The number of carbonyl (C=O) groups is 1. The largest absolute Gasteiger partial charge is 0.309 e. The van der Waals surface area contributed by atoms with Crippen LogP contribution < -0.4 is 4.90 Å². The summed E-state index contributed by atoms with van der Waals surface area (Å²) in [7, 11) is 0. The van der Waals surface area contributed by atoms with Crippen molar-refractivity contribution >= 4 is 11.6 Å². The van der Waals surface area contributed by atoms with Crippen LogP contribution in [0.5, 0.6) is 0 Å². The van der Waals surface area contributed by atoms with Crippen LogP contribution in [0.25, 0.3) is 0 Å². The van der Waals surface area contributed by atoms with Gasteiger partial charge in [0.05, 0.1) is 0 Å². The number of anilines is 1. The Morgan fingerprint density at radius 1 is 1.15 bits per heavy atom. The molecular formula is C22H27FN2O. The third-order valence-corrected chi connectivity index (χ3v) is 5.09. The molecule has 0 spiro atoms. The van der Waals surface area contributed by atoms with E-state index in [1.165, 1.54) is 17.7 Å². The van der Waals surface area contributed by atoms with Crippen molar-refractivity contribution in [2.24, 2.45) is 0 Å². The number of hydrogen-bond acceptors (Lipinski definition) is 2. The van der Waals surface area contributed by atoms with Gasteiger partial charge in [-0.05, 0) is 55.2 Å². The van der Waals surface area contributed by atoms with Gasteiger partial charge in [0, 0.05) is 37.8 Å². The van der Waals surface area contributed by atoms with Crippen molar-refractivity contribution in [1.82, 2.24) is 4.90 Å². The van der Waals surface area contributed by atoms with Crippen molar-refractivity contribution in [1.29, 1.82) is 0 Å². The van der Waals surface area contributed by atoms with E-state index in [0.29, 0.717) is 6.42 Å². The van der Waals surface area contributed by atoms with E-state index < -0.39 is 0 Å². The second kappa shape index (κ2) is 8.45. The summed E-state index contributed by atoms with van der Waals surface area (Å²) in [5, 5.41) is 0. The van der Waals surface area contributed by atoms with Gasteiger partial charge >= 0.3 is 0 Å². The SMILES string of the molecule is CCC(=O)N(c1cccc(C)c1)C1CCN(Cc2ccc(F)cc2)CC1. The Morgan fingerprint density at radius 2 is 1.85 bits per heavy atom. The normalized spacial score (nSPS) is 15.8. The van der Waals surface area contributed by atoms with Gasteiger partial charge in [-0.15, -0.1) is 0 Å². The molecule has 0 radical (unpaired) electrons. The number of piperidine rings is 1. The molecule has 2 aromatic rings. The topological polar surface area (TPSA) is 23.6 Å². The zero-order valence-corrected chi connectivity index (χ0v) is 15.6. The molecule has 138 valence electrons. The Labute approximate surface area is 155 Å². The molecule has 1 heterocycles. The highest BCUT2D eigenvalue weighted by Gasteiger charge is 2.28. The summed E-state index contributed by atoms with van der Waals surface area (Å²) >= 11 is 0. The van der Waals surface area contributed by atoms with Crippen molar-refractivity contribution in [3.63, 3.8) is 0 Å². The number of carbonyl (C=O) groups excluding carboxylic acids is 1. The third-order valence-electron chi connectivity index (χ3n) is 5.09. The predicted molar refractivity (Wildman–Crippen MR) is 104 cm³/mol. The van der Waals surface area contributed by atoms with Crippen molar-refractivity contribution in [2.45, 2.75) is 45.7 Å². The molecule has 0 aromatic heterocycles. The molecule has 4 heteroatoms. The van der Waals surface area contributed by atoms with E-state index >= 15 is 0 Å². The van der Waals surface area contributed by atoms with Gasteiger partial charge in [-0.25, -0.2) is 4.39 Å². The Hall–Kier alpha value is -2.20. The van der Waals surface area contributed by atoms with Gasteiger partial charge < -0.3 is 4.90 Å². The summed E-state index contributed by atoms with van der Waals surface area (Å²) in [6, 6.07) is 15.2. The quantitative estimate of drug-likeness (QED) is 0.787. The second-order valence-electron chi connectivity index (χ2n) is 7.09. The highest BCUT2D eigenvalue weighted by Crippen LogP contribution is 2.26. The zero-order chi connectivity index (χ0) is 18.5. The highest BCUT2D eigenvalue weighted by molar-refractivity contribution is 5.93. The van der Waals surface area contributed by atoms with E-state index in [2.05, 4.69) is 24.0 Å². The molecule has 2 aromatic carbocycles. The minimum atomic E-state index is -0.195. The monoisotopic (exact) mass is 354 g/mol. The van der Waals surface area contributed by atoms with Crippen LogP contribution in [-0.4, -0.2) is 29.9 Å². The number of rotatable bonds is 5. The summed E-state index contributed by atoms with van der Waals surface area (Å²) in [5.41, 5.74) is 3.31. The standard InChI is InChI=1S/C22H27FN2O/c1-3-22(26)25(21-6-4-5-17(2)15-21)20-11-13-24(14-12-20)16-18-7-9-19(23)10-8-18/h4-10,15,20H,3,11-14,16H2,1-2H3. The van der Waals surface area contributed by atoms with Gasteiger partial charge in [-0.3, -0.25) is 9.69 Å². The molecule has 0 bridgehead atoms. The van der Waals surface area contributed by atoms with E-state index in [-0.39, 0.29) is 17.8 Å². The summed E-state index contributed by atoms with van der Waals surface area (Å²) in [6.45, 7) is 6.71. The number of aryl methyl sites for hydroxylation is 1. The minimum absolute atomic E-state index is 0.188. The molecule has 0 saturated carbocycles. The minimum Gasteiger partial charge on any atom is -0.309 e. The first-order valence-corrected chi connectivity index (χ1v) is 9.42. The number of benzene rings is 2. The van der Waals surface area contributed by atoms with E-state index in [1.54, 1.807) is 0 Å². The van der Waals surface area contributed by atoms with Crippen LogP contribution >= 0.6 is 0 Å². The molecule has 0 atom stereocenters. The molecule has 0 unspecified atom stereocenters. The average Bonchev–Trinajstić information content (AvgIpc) is 2.65. The van der Waals surface area contributed by atoms with Crippen LogP contribution in [-0.2, 0) is 11.3 Å². The average molecular weight is 354 g/mol. The summed E-state index contributed by atoms with van der Waals surface area (Å²) in [4.78, 5) is 17.0. The van der Waals surface area contributed by atoms with Crippen LogP contribution in [0.3, 0.4) is 0 Å². The Morgan fingerprint density at radius 3 is 2.46 bits per heavy atom. The molecule has 3 rings (SSSR count). The van der Waals surface area contributed by atoms with Gasteiger partial charge in [-0.1, -0.05) is 31.2 Å². The van der Waals surface area contributed by atoms with Gasteiger partial charge in [0.2, 0.25) is 5.91 Å². The summed E-state index contributed by atoms with van der Waals surface area (Å²) in [6.07, 6.45) is 2.44. The lowest BCUT2D eigenvalue weighted by molar-refractivity contribution is -0.119. The number of halogens is 1. The molecule has 1 aliphatic rings. The molecular weight excluding hydrogens is 327 g/mol. The lowest BCUT2D eigenvalue weighted by atomic mass is 10.0. The van der Waals surface area contributed by atoms with Crippen molar-refractivity contribution in [2.75, 3.05) is 18.0 Å². The fourth-order valence-electron chi connectivity index (χ4n) is 3.69. The van der Waals surface area contributed by atoms with E-state index in [0.717, 1.165) is 43.7 Å². The molecule has 0 aliphatic carbocycles. The van der Waals surface area contributed by atoms with Gasteiger partial charge in [-0.2, -0.15) is 0 Å². The fourth-order valence-corrected chi connectivity index (χ4v) is 3.69. The van der Waals surface area contributed by atoms with Gasteiger partial charge in [0.1, 0.15) is 5.82 Å². The number of likely N-dealkylation sites (tertiary alicyclic amines) is 1. The lowest BCUT2D eigenvalue weighted by Gasteiger charge is -2.38. The second-order valence-corrected chi connectivity index (χ2v) is 7.09. The Bertz CT molecular complexity index is 736. The summed E-state index contributed by atoms with van der Waals surface area (Å²) in [5.74, 6) is -0.00748. The lowest BCUT2D eigenvalue weighted by Crippen LogP contribution is -2.47. The number of nitrogens with zero attached hydrogens (tertiary/aromatic N) is 2. The van der Waals surface area contributed by atoms with Crippen molar-refractivity contribution in [3.05, 3.63) is 65.5 Å². The van der Waals surface area contributed by atoms with Crippen LogP contribution in [0.1, 0.15) is 37.3 Å². The van der Waals surface area contributed by atoms with Gasteiger partial charge in [0.25, 0.3) is 0 Å². The molecule has 1 amide bonds. The van der Waals surface area contributed by atoms with E-state index in [1.807, 2.05) is 36.1 Å². The number of hydrogen-bond donors (Lipinski definition) is 0. The molecule has 1 aliphatic heterocycles. The first-order chi connectivity index (χ1) is 12.6. The van der Waals surface area contributed by atoms with Crippen LogP contribution in [0.15, 0.2) is 48.5 Å². The predicted octanol–water partition coefficient (Wildman–Crippen LogP) is 4.54. The van der Waals surface area contributed by atoms with E-state index in [4.69, 9.17) is 0 Å². The molecule has 26 heavy (non-hydrogen) atoms. The number of amides is 1. The fraction of sp³-hybridized carbons (Fsp3) is 0.409.